The van der Waals surface area contributed by atoms with E-state index in [1.807, 2.05) is 24.3 Å². The van der Waals surface area contributed by atoms with Crippen molar-refractivity contribution in [3.8, 4) is 0 Å². The van der Waals surface area contributed by atoms with Gasteiger partial charge in [-0.05, 0) is 44.5 Å². The summed E-state index contributed by atoms with van der Waals surface area (Å²) in [6.45, 7) is 7.61. The zero-order chi connectivity index (χ0) is 23.2. The molecule has 168 valence electrons. The third kappa shape index (κ3) is 6.17. The van der Waals surface area contributed by atoms with Crippen molar-refractivity contribution in [2.75, 3.05) is 28.6 Å². The predicted octanol–water partition coefficient (Wildman–Crippen LogP) is 2.91. The lowest BCUT2D eigenvalue weighted by molar-refractivity contribution is -0.384. The lowest BCUT2D eigenvalue weighted by Crippen LogP contribution is -2.47. The highest BCUT2D eigenvalue weighted by Gasteiger charge is 2.30. The number of nitro benzene ring substituents is 1. The third-order valence-corrected chi connectivity index (χ3v) is 6.16. The van der Waals surface area contributed by atoms with Crippen LogP contribution in [0.15, 0.2) is 48.5 Å². The highest BCUT2D eigenvalue weighted by atomic mass is 32.2. The molecule has 31 heavy (non-hydrogen) atoms. The van der Waals surface area contributed by atoms with Crippen molar-refractivity contribution in [1.82, 2.24) is 5.32 Å². The summed E-state index contributed by atoms with van der Waals surface area (Å²) in [5, 5.41) is 13.8. The van der Waals surface area contributed by atoms with Crippen molar-refractivity contribution in [3.05, 3.63) is 64.2 Å². The van der Waals surface area contributed by atoms with Crippen molar-refractivity contribution in [2.45, 2.75) is 33.4 Å². The smallest absolute Gasteiger partial charge is 0.271 e. The maximum absolute atomic E-state index is 12.7. The highest BCUT2D eigenvalue weighted by Crippen LogP contribution is 2.25. The fourth-order valence-corrected chi connectivity index (χ4v) is 4.47. The van der Waals surface area contributed by atoms with Crippen molar-refractivity contribution in [3.63, 3.8) is 0 Å². The van der Waals surface area contributed by atoms with Gasteiger partial charge < -0.3 is 10.2 Å². The lowest BCUT2D eigenvalue weighted by Gasteiger charge is -2.28. The Morgan fingerprint density at radius 2 is 1.71 bits per heavy atom. The minimum atomic E-state index is -3.86. The van der Waals surface area contributed by atoms with E-state index in [1.165, 1.54) is 25.1 Å². The fraction of sp³-hybridized carbons (Fsp3) is 0.381. The molecule has 0 radical (unpaired) electrons. The van der Waals surface area contributed by atoms with Gasteiger partial charge in [-0.15, -0.1) is 0 Å². The number of nitrogens with one attached hydrogen (secondary N) is 1. The molecule has 0 aliphatic rings. The number of nitrogens with zero attached hydrogens (tertiary/aromatic N) is 3. The number of nitro groups is 1. The Hall–Kier alpha value is -3.14. The van der Waals surface area contributed by atoms with Gasteiger partial charge in [0, 0.05) is 37.5 Å². The standard InChI is InChI=1S/C21H28N4O5S/c1-5-23(6-2)18-12-10-17(11-13-18)15-22-21(26)16(3)24(31(4,29)30)19-8-7-9-20(14-19)25(27)28/h7-14,16H,5-6,15H2,1-4H3,(H,22,26)/t16-/m0/s1. The van der Waals surface area contributed by atoms with Gasteiger partial charge in [0.25, 0.3) is 5.69 Å². The van der Waals surface area contributed by atoms with E-state index in [2.05, 4.69) is 24.1 Å². The zero-order valence-corrected chi connectivity index (χ0v) is 18.9. The van der Waals surface area contributed by atoms with E-state index in [9.17, 15) is 23.3 Å². The van der Waals surface area contributed by atoms with Gasteiger partial charge in [0.15, 0.2) is 0 Å². The number of hydrogen-bond donors (Lipinski definition) is 1. The normalized spacial score (nSPS) is 12.1. The summed E-state index contributed by atoms with van der Waals surface area (Å²) in [7, 11) is -3.86. The molecule has 0 fully saturated rings. The van der Waals surface area contributed by atoms with Crippen LogP contribution in [0.1, 0.15) is 26.3 Å². The molecule has 10 heteroatoms. The first-order valence-electron chi connectivity index (χ1n) is 9.93. The van der Waals surface area contributed by atoms with Crippen LogP contribution in [0.25, 0.3) is 0 Å². The van der Waals surface area contributed by atoms with Crippen LogP contribution in [0.3, 0.4) is 0 Å². The Morgan fingerprint density at radius 3 is 2.23 bits per heavy atom. The van der Waals surface area contributed by atoms with Gasteiger partial charge in [-0.1, -0.05) is 18.2 Å². The molecule has 0 bridgehead atoms. The lowest BCUT2D eigenvalue weighted by atomic mass is 10.2. The second-order valence-electron chi connectivity index (χ2n) is 7.07. The number of carbonyl (C=O) groups is 1. The summed E-state index contributed by atoms with van der Waals surface area (Å²) in [6, 6.07) is 11.9. The first-order chi connectivity index (χ1) is 14.6. The Kier molecular flexibility index (Phi) is 7.98. The molecule has 9 nitrogen and oxygen atoms in total. The van der Waals surface area contributed by atoms with Gasteiger partial charge in [0.05, 0.1) is 16.9 Å². The van der Waals surface area contributed by atoms with Crippen molar-refractivity contribution in [2.24, 2.45) is 0 Å². The molecular formula is C21H28N4O5S. The first kappa shape index (κ1) is 24.1. The van der Waals surface area contributed by atoms with Gasteiger partial charge in [0.2, 0.25) is 15.9 Å². The molecule has 0 saturated carbocycles. The second-order valence-corrected chi connectivity index (χ2v) is 8.93. The number of hydrogen-bond acceptors (Lipinski definition) is 6. The summed E-state index contributed by atoms with van der Waals surface area (Å²) in [5.41, 5.74) is 1.76. The molecule has 0 aliphatic heterocycles. The number of benzene rings is 2. The molecule has 2 rings (SSSR count). The van der Waals surface area contributed by atoms with Crippen molar-refractivity contribution >= 4 is 33.0 Å². The maximum atomic E-state index is 12.7. The Bertz CT molecular complexity index is 1020. The molecule has 1 atom stereocenters. The average Bonchev–Trinajstić information content (AvgIpc) is 2.73. The van der Waals surface area contributed by atoms with E-state index in [0.29, 0.717) is 0 Å². The molecular weight excluding hydrogens is 420 g/mol. The molecule has 0 heterocycles. The molecule has 0 aliphatic carbocycles. The number of amides is 1. The third-order valence-electron chi connectivity index (χ3n) is 4.92. The Balaban J connectivity index is 2.15. The number of sulfonamides is 1. The number of anilines is 2. The number of non-ortho nitro benzene ring substituents is 1. The van der Waals surface area contributed by atoms with Crippen molar-refractivity contribution < 1.29 is 18.1 Å². The minimum Gasteiger partial charge on any atom is -0.372 e. The molecule has 0 aromatic heterocycles. The van der Waals surface area contributed by atoms with Crippen LogP contribution in [0.2, 0.25) is 0 Å². The van der Waals surface area contributed by atoms with E-state index in [4.69, 9.17) is 0 Å². The largest absolute Gasteiger partial charge is 0.372 e. The molecule has 2 aromatic rings. The topological polar surface area (TPSA) is 113 Å². The summed E-state index contributed by atoms with van der Waals surface area (Å²) in [4.78, 5) is 25.3. The molecule has 0 saturated heterocycles. The average molecular weight is 449 g/mol. The first-order valence-corrected chi connectivity index (χ1v) is 11.8. The molecule has 1 N–H and O–H groups in total. The Labute approximate surface area is 182 Å². The van der Waals surface area contributed by atoms with E-state index in [1.54, 1.807) is 0 Å². The highest BCUT2D eigenvalue weighted by molar-refractivity contribution is 7.92. The van der Waals surface area contributed by atoms with Gasteiger partial charge in [0.1, 0.15) is 6.04 Å². The van der Waals surface area contributed by atoms with Crippen LogP contribution in [-0.2, 0) is 21.4 Å². The van der Waals surface area contributed by atoms with Crippen LogP contribution in [-0.4, -0.2) is 44.6 Å². The van der Waals surface area contributed by atoms with Crippen LogP contribution >= 0.6 is 0 Å². The molecule has 2 aromatic carbocycles. The summed E-state index contributed by atoms with van der Waals surface area (Å²) in [5.74, 6) is -0.509. The quantitative estimate of drug-likeness (QED) is 0.442. The van der Waals surface area contributed by atoms with Gasteiger partial charge in [-0.25, -0.2) is 8.42 Å². The van der Waals surface area contributed by atoms with Crippen LogP contribution in [0, 0.1) is 10.1 Å². The molecule has 1 amide bonds. The summed E-state index contributed by atoms with van der Waals surface area (Å²) in [6.07, 6.45) is 0.960. The second kappa shape index (κ2) is 10.3. The van der Waals surface area contributed by atoms with Crippen LogP contribution in [0.5, 0.6) is 0 Å². The predicted molar refractivity (Wildman–Crippen MR) is 122 cm³/mol. The molecule has 0 unspecified atom stereocenters. The SMILES string of the molecule is CCN(CC)c1ccc(CNC(=O)[C@H](C)N(c2cccc([N+](=O)[O-])c2)S(C)(=O)=O)cc1. The number of rotatable bonds is 10. The fourth-order valence-electron chi connectivity index (χ4n) is 3.30. The van der Waals surface area contributed by atoms with Gasteiger partial charge >= 0.3 is 0 Å². The monoisotopic (exact) mass is 448 g/mol. The van der Waals surface area contributed by atoms with E-state index in [0.717, 1.165) is 41.0 Å². The Morgan fingerprint density at radius 1 is 1.10 bits per heavy atom. The van der Waals surface area contributed by atoms with E-state index in [-0.39, 0.29) is 17.9 Å². The van der Waals surface area contributed by atoms with Crippen LogP contribution in [0.4, 0.5) is 17.1 Å². The van der Waals surface area contributed by atoms with E-state index < -0.39 is 26.9 Å². The van der Waals surface area contributed by atoms with Crippen LogP contribution < -0.4 is 14.5 Å². The maximum Gasteiger partial charge on any atom is 0.271 e. The number of carbonyl (C=O) groups excluding carboxylic acids is 1. The summed E-state index contributed by atoms with van der Waals surface area (Å²) < 4.78 is 25.6. The van der Waals surface area contributed by atoms with Crippen molar-refractivity contribution in [1.29, 1.82) is 0 Å². The van der Waals surface area contributed by atoms with Gasteiger partial charge in [-0.2, -0.15) is 0 Å². The molecule has 0 spiro atoms. The zero-order valence-electron chi connectivity index (χ0n) is 18.1. The minimum absolute atomic E-state index is 0.0583. The van der Waals surface area contributed by atoms with E-state index >= 15 is 0 Å². The van der Waals surface area contributed by atoms with Gasteiger partial charge in [-0.3, -0.25) is 19.2 Å². The summed E-state index contributed by atoms with van der Waals surface area (Å²) >= 11 is 0.